The molecule has 0 spiro atoms. The van der Waals surface area contributed by atoms with E-state index < -0.39 is 11.4 Å². The predicted molar refractivity (Wildman–Crippen MR) is 102 cm³/mol. The number of rotatable bonds is 6. The molecule has 0 atom stereocenters. The Kier molecular flexibility index (Phi) is 6.50. The van der Waals surface area contributed by atoms with Crippen LogP contribution in [0.2, 0.25) is 0 Å². The van der Waals surface area contributed by atoms with Crippen molar-refractivity contribution >= 4 is 17.6 Å². The molecule has 26 heavy (non-hydrogen) atoms. The van der Waals surface area contributed by atoms with Crippen molar-refractivity contribution in [2.24, 2.45) is 5.41 Å². The number of aromatic nitrogens is 1. The maximum atomic E-state index is 12.2. The fourth-order valence-electron chi connectivity index (χ4n) is 2.28. The maximum Gasteiger partial charge on any atom is 0.338 e. The maximum absolute atomic E-state index is 12.2. The van der Waals surface area contributed by atoms with E-state index in [-0.39, 0.29) is 5.91 Å². The number of aryl methyl sites for hydroxylation is 2. The van der Waals surface area contributed by atoms with Crippen LogP contribution in [0.15, 0.2) is 42.5 Å². The molecule has 0 aliphatic carbocycles. The Balaban J connectivity index is 1.85. The monoisotopic (exact) mass is 354 g/mol. The van der Waals surface area contributed by atoms with Crippen LogP contribution < -0.4 is 5.32 Å². The van der Waals surface area contributed by atoms with Crippen molar-refractivity contribution in [3.8, 4) is 0 Å². The van der Waals surface area contributed by atoms with Gasteiger partial charge in [-0.25, -0.2) is 4.79 Å². The van der Waals surface area contributed by atoms with Crippen LogP contribution in [0.5, 0.6) is 0 Å². The Bertz CT molecular complexity index is 779. The summed E-state index contributed by atoms with van der Waals surface area (Å²) < 4.78 is 5.33. The topological polar surface area (TPSA) is 68.3 Å². The van der Waals surface area contributed by atoms with Crippen LogP contribution in [0.4, 0.5) is 5.69 Å². The highest BCUT2D eigenvalue weighted by molar-refractivity contribution is 5.96. The zero-order valence-corrected chi connectivity index (χ0v) is 15.8. The average Bonchev–Trinajstić information content (AvgIpc) is 2.58. The van der Waals surface area contributed by atoms with Crippen molar-refractivity contribution in [1.29, 1.82) is 0 Å². The molecule has 5 heteroatoms. The molecule has 0 bridgehead atoms. The molecule has 0 radical (unpaired) electrons. The van der Waals surface area contributed by atoms with E-state index in [9.17, 15) is 9.59 Å². The molecule has 0 aliphatic heterocycles. The van der Waals surface area contributed by atoms with Gasteiger partial charge in [0.15, 0.2) is 0 Å². The molecular formula is C21H26N2O3. The number of carbonyl (C=O) groups is 2. The Morgan fingerprint density at radius 1 is 1.12 bits per heavy atom. The third-order valence-corrected chi connectivity index (χ3v) is 3.79. The number of amides is 1. The van der Waals surface area contributed by atoms with Crippen molar-refractivity contribution in [3.05, 3.63) is 59.4 Å². The fraction of sp³-hybridized carbons (Fsp3) is 0.381. The molecule has 0 aliphatic rings. The normalized spacial score (nSPS) is 11.1. The average molecular weight is 354 g/mol. The van der Waals surface area contributed by atoms with Gasteiger partial charge in [-0.2, -0.15) is 0 Å². The van der Waals surface area contributed by atoms with Crippen LogP contribution in [-0.2, 0) is 16.0 Å². The van der Waals surface area contributed by atoms with Crippen LogP contribution in [0.1, 0.15) is 48.9 Å². The smallest absolute Gasteiger partial charge is 0.338 e. The molecule has 2 rings (SSSR count). The fourth-order valence-corrected chi connectivity index (χ4v) is 2.28. The first-order chi connectivity index (χ1) is 12.3. The number of benzene rings is 1. The summed E-state index contributed by atoms with van der Waals surface area (Å²) in [6.45, 7) is 7.79. The highest BCUT2D eigenvalue weighted by Crippen LogP contribution is 2.18. The third kappa shape index (κ3) is 5.99. The molecule has 0 saturated carbocycles. The standard InChI is InChI=1S/C21H26N2O3/c1-15-8-5-10-17(22-15)12-7-13-26-19(24)16-9-6-11-18(14-16)23-20(25)21(2,3)4/h5-6,8-11,14H,7,12-13H2,1-4H3,(H,23,25). The van der Waals surface area contributed by atoms with Gasteiger partial charge in [0.1, 0.15) is 0 Å². The van der Waals surface area contributed by atoms with Crippen molar-refractivity contribution in [1.82, 2.24) is 4.98 Å². The minimum atomic E-state index is -0.500. The first-order valence-corrected chi connectivity index (χ1v) is 8.77. The number of hydrogen-bond donors (Lipinski definition) is 1. The number of nitrogens with one attached hydrogen (secondary N) is 1. The lowest BCUT2D eigenvalue weighted by Gasteiger charge is -2.17. The lowest BCUT2D eigenvalue weighted by Crippen LogP contribution is -2.27. The number of hydrogen-bond acceptors (Lipinski definition) is 4. The summed E-state index contributed by atoms with van der Waals surface area (Å²) in [4.78, 5) is 28.7. The van der Waals surface area contributed by atoms with E-state index in [0.717, 1.165) is 17.8 Å². The molecule has 1 aromatic heterocycles. The summed E-state index contributed by atoms with van der Waals surface area (Å²) in [5.74, 6) is -0.497. The van der Waals surface area contributed by atoms with Gasteiger partial charge in [0.25, 0.3) is 0 Å². The zero-order valence-electron chi connectivity index (χ0n) is 15.8. The van der Waals surface area contributed by atoms with Crippen molar-refractivity contribution in [2.75, 3.05) is 11.9 Å². The minimum absolute atomic E-state index is 0.103. The summed E-state index contributed by atoms with van der Waals surface area (Å²) >= 11 is 0. The summed E-state index contributed by atoms with van der Waals surface area (Å²) in [6, 6.07) is 12.7. The van der Waals surface area contributed by atoms with E-state index in [2.05, 4.69) is 10.3 Å². The lowest BCUT2D eigenvalue weighted by molar-refractivity contribution is -0.123. The molecule has 1 heterocycles. The minimum Gasteiger partial charge on any atom is -0.462 e. The van der Waals surface area contributed by atoms with Gasteiger partial charge in [-0.3, -0.25) is 9.78 Å². The van der Waals surface area contributed by atoms with Gasteiger partial charge < -0.3 is 10.1 Å². The molecule has 1 aromatic carbocycles. The van der Waals surface area contributed by atoms with Crippen LogP contribution in [0.25, 0.3) is 0 Å². The van der Waals surface area contributed by atoms with Gasteiger partial charge in [0.2, 0.25) is 5.91 Å². The molecular weight excluding hydrogens is 328 g/mol. The summed E-state index contributed by atoms with van der Waals surface area (Å²) in [6.07, 6.45) is 1.47. The summed E-state index contributed by atoms with van der Waals surface area (Å²) in [7, 11) is 0. The first kappa shape index (κ1) is 19.6. The number of carbonyl (C=O) groups excluding carboxylic acids is 2. The molecule has 5 nitrogen and oxygen atoms in total. The van der Waals surface area contributed by atoms with Crippen molar-refractivity contribution < 1.29 is 14.3 Å². The van der Waals surface area contributed by atoms with E-state index in [1.165, 1.54) is 0 Å². The Morgan fingerprint density at radius 3 is 2.54 bits per heavy atom. The molecule has 138 valence electrons. The van der Waals surface area contributed by atoms with E-state index in [1.807, 2.05) is 45.9 Å². The Labute approximate surface area is 154 Å². The molecule has 0 unspecified atom stereocenters. The predicted octanol–water partition coefficient (Wildman–Crippen LogP) is 4.16. The highest BCUT2D eigenvalue weighted by Gasteiger charge is 2.21. The van der Waals surface area contributed by atoms with Crippen molar-refractivity contribution in [3.63, 3.8) is 0 Å². The number of nitrogens with zero attached hydrogens (tertiary/aromatic N) is 1. The van der Waals surface area contributed by atoms with Gasteiger partial charge in [-0.05, 0) is 50.1 Å². The Morgan fingerprint density at radius 2 is 1.85 bits per heavy atom. The highest BCUT2D eigenvalue weighted by atomic mass is 16.5. The van der Waals surface area contributed by atoms with E-state index in [0.29, 0.717) is 24.3 Å². The SMILES string of the molecule is Cc1cccc(CCCOC(=O)c2cccc(NC(=O)C(C)(C)C)c2)n1. The third-order valence-electron chi connectivity index (χ3n) is 3.79. The van der Waals surface area contributed by atoms with Crippen LogP contribution in [0.3, 0.4) is 0 Å². The molecule has 0 fully saturated rings. The van der Waals surface area contributed by atoms with Gasteiger partial charge in [-0.15, -0.1) is 0 Å². The second-order valence-corrected chi connectivity index (χ2v) is 7.29. The molecule has 1 N–H and O–H groups in total. The summed E-state index contributed by atoms with van der Waals surface area (Å²) in [5, 5.41) is 2.82. The van der Waals surface area contributed by atoms with Crippen LogP contribution in [0, 0.1) is 12.3 Å². The van der Waals surface area contributed by atoms with E-state index >= 15 is 0 Å². The van der Waals surface area contributed by atoms with E-state index in [1.54, 1.807) is 24.3 Å². The van der Waals surface area contributed by atoms with Gasteiger partial charge in [-0.1, -0.05) is 32.9 Å². The number of ether oxygens (including phenoxy) is 1. The van der Waals surface area contributed by atoms with Crippen LogP contribution in [-0.4, -0.2) is 23.5 Å². The number of pyridine rings is 1. The quantitative estimate of drug-likeness (QED) is 0.624. The number of anilines is 1. The molecule has 1 amide bonds. The second-order valence-electron chi connectivity index (χ2n) is 7.29. The van der Waals surface area contributed by atoms with Gasteiger partial charge >= 0.3 is 5.97 Å². The van der Waals surface area contributed by atoms with E-state index in [4.69, 9.17) is 4.74 Å². The molecule has 2 aromatic rings. The lowest BCUT2D eigenvalue weighted by atomic mass is 9.95. The van der Waals surface area contributed by atoms with Crippen LogP contribution >= 0.6 is 0 Å². The summed E-state index contributed by atoms with van der Waals surface area (Å²) in [5.41, 5.74) is 2.48. The molecule has 0 saturated heterocycles. The Hall–Kier alpha value is -2.69. The van der Waals surface area contributed by atoms with Gasteiger partial charge in [0, 0.05) is 22.5 Å². The van der Waals surface area contributed by atoms with Gasteiger partial charge in [0.05, 0.1) is 12.2 Å². The first-order valence-electron chi connectivity index (χ1n) is 8.77. The second kappa shape index (κ2) is 8.61. The van der Waals surface area contributed by atoms with Crippen molar-refractivity contribution in [2.45, 2.75) is 40.5 Å². The zero-order chi connectivity index (χ0) is 19.2. The largest absolute Gasteiger partial charge is 0.462 e. The number of esters is 1.